The molecule has 0 bridgehead atoms. The molecule has 3 aromatic rings. The standard InChI is InChI=1S/C22H25N3O/c1-2-17-11-13-18(14-12-17)25-21(26)19-9-5-6-10-20(19)23-22(25)24-15-7-3-4-8-16-24/h5-6,9-14H,2-4,7-8,15-16H2,1H3. The Bertz CT molecular complexity index is 951. The predicted octanol–water partition coefficient (Wildman–Crippen LogP) is 4.33. The highest BCUT2D eigenvalue weighted by atomic mass is 16.1. The van der Waals surface area contributed by atoms with Gasteiger partial charge in [-0.2, -0.15) is 0 Å². The first kappa shape index (κ1) is 16.8. The lowest BCUT2D eigenvalue weighted by Gasteiger charge is -2.25. The number of benzene rings is 2. The first-order valence-corrected chi connectivity index (χ1v) is 9.64. The largest absolute Gasteiger partial charge is 0.342 e. The molecule has 0 radical (unpaired) electrons. The molecule has 0 amide bonds. The smallest absolute Gasteiger partial charge is 0.267 e. The quantitative estimate of drug-likeness (QED) is 0.708. The highest BCUT2D eigenvalue weighted by molar-refractivity contribution is 5.79. The lowest BCUT2D eigenvalue weighted by Crippen LogP contribution is -2.33. The average molecular weight is 347 g/mol. The van der Waals surface area contributed by atoms with E-state index in [-0.39, 0.29) is 5.56 Å². The molecule has 1 aliphatic rings. The summed E-state index contributed by atoms with van der Waals surface area (Å²) in [4.78, 5) is 20.5. The molecule has 0 spiro atoms. The second-order valence-corrected chi connectivity index (χ2v) is 6.99. The van der Waals surface area contributed by atoms with Gasteiger partial charge in [-0.1, -0.05) is 44.0 Å². The van der Waals surface area contributed by atoms with Crippen molar-refractivity contribution in [3.63, 3.8) is 0 Å². The normalized spacial score (nSPS) is 15.2. The van der Waals surface area contributed by atoms with Crippen LogP contribution in [0.15, 0.2) is 53.3 Å². The number of hydrogen-bond donors (Lipinski definition) is 0. The number of aryl methyl sites for hydroxylation is 1. The number of nitrogens with zero attached hydrogens (tertiary/aromatic N) is 3. The van der Waals surface area contributed by atoms with Gasteiger partial charge in [0.05, 0.1) is 16.6 Å². The van der Waals surface area contributed by atoms with E-state index in [1.165, 1.54) is 18.4 Å². The molecule has 4 rings (SSSR count). The third-order valence-corrected chi connectivity index (χ3v) is 5.25. The van der Waals surface area contributed by atoms with E-state index in [0.29, 0.717) is 5.39 Å². The van der Waals surface area contributed by atoms with Crippen molar-refractivity contribution >= 4 is 16.9 Å². The van der Waals surface area contributed by atoms with Crippen molar-refractivity contribution in [1.29, 1.82) is 0 Å². The fourth-order valence-electron chi connectivity index (χ4n) is 3.72. The van der Waals surface area contributed by atoms with Gasteiger partial charge in [-0.25, -0.2) is 9.55 Å². The second-order valence-electron chi connectivity index (χ2n) is 6.99. The van der Waals surface area contributed by atoms with Gasteiger partial charge < -0.3 is 4.90 Å². The molecule has 0 unspecified atom stereocenters. The Kier molecular flexibility index (Phi) is 4.74. The van der Waals surface area contributed by atoms with Gasteiger partial charge >= 0.3 is 0 Å². The number of rotatable bonds is 3. The minimum absolute atomic E-state index is 0.0131. The fraction of sp³-hybridized carbons (Fsp3) is 0.364. The van der Waals surface area contributed by atoms with Crippen LogP contribution in [0.4, 0.5) is 5.95 Å². The van der Waals surface area contributed by atoms with Gasteiger partial charge in [0.15, 0.2) is 0 Å². The first-order valence-electron chi connectivity index (χ1n) is 9.64. The first-order chi connectivity index (χ1) is 12.8. The molecule has 0 N–H and O–H groups in total. The monoisotopic (exact) mass is 347 g/mol. The molecule has 4 heteroatoms. The number of hydrogen-bond acceptors (Lipinski definition) is 3. The molecule has 1 aromatic heterocycles. The lowest BCUT2D eigenvalue weighted by molar-refractivity contribution is 0.726. The van der Waals surface area contributed by atoms with Gasteiger partial charge in [-0.05, 0) is 49.1 Å². The van der Waals surface area contributed by atoms with E-state index in [4.69, 9.17) is 4.98 Å². The molecule has 0 aliphatic carbocycles. The molecule has 2 heterocycles. The van der Waals surface area contributed by atoms with E-state index >= 15 is 0 Å². The molecule has 0 atom stereocenters. The Balaban J connectivity index is 1.93. The molecule has 2 aromatic carbocycles. The third-order valence-electron chi connectivity index (χ3n) is 5.25. The summed E-state index contributed by atoms with van der Waals surface area (Å²) in [6.45, 7) is 4.05. The number of para-hydroxylation sites is 1. The highest BCUT2D eigenvalue weighted by Crippen LogP contribution is 2.22. The van der Waals surface area contributed by atoms with Gasteiger partial charge in [0, 0.05) is 13.1 Å². The van der Waals surface area contributed by atoms with E-state index in [1.54, 1.807) is 4.57 Å². The summed E-state index contributed by atoms with van der Waals surface area (Å²) in [5, 5.41) is 0.672. The van der Waals surface area contributed by atoms with E-state index in [9.17, 15) is 4.79 Å². The van der Waals surface area contributed by atoms with Crippen LogP contribution >= 0.6 is 0 Å². The van der Waals surface area contributed by atoms with Crippen LogP contribution in [0.1, 0.15) is 38.2 Å². The SMILES string of the molecule is CCc1ccc(-n2c(N3CCCCCC3)nc3ccccc3c2=O)cc1. The number of anilines is 1. The number of aromatic nitrogens is 2. The van der Waals surface area contributed by atoms with Crippen molar-refractivity contribution in [1.82, 2.24) is 9.55 Å². The van der Waals surface area contributed by atoms with Crippen molar-refractivity contribution < 1.29 is 0 Å². The summed E-state index contributed by atoms with van der Waals surface area (Å²) in [5.74, 6) is 0.778. The van der Waals surface area contributed by atoms with Gasteiger partial charge in [0.2, 0.25) is 5.95 Å². The molecule has 1 fully saturated rings. The minimum Gasteiger partial charge on any atom is -0.342 e. The van der Waals surface area contributed by atoms with Gasteiger partial charge in [-0.15, -0.1) is 0 Å². The van der Waals surface area contributed by atoms with Crippen LogP contribution < -0.4 is 10.5 Å². The number of fused-ring (bicyclic) bond motifs is 1. The van der Waals surface area contributed by atoms with Crippen molar-refractivity contribution in [3.05, 3.63) is 64.4 Å². The van der Waals surface area contributed by atoms with Crippen molar-refractivity contribution in [2.75, 3.05) is 18.0 Å². The van der Waals surface area contributed by atoms with Crippen LogP contribution in [0.5, 0.6) is 0 Å². The van der Waals surface area contributed by atoms with Crippen LogP contribution in [0.3, 0.4) is 0 Å². The maximum atomic E-state index is 13.3. The summed E-state index contributed by atoms with van der Waals surface area (Å²) in [5.41, 5.74) is 2.95. The summed E-state index contributed by atoms with van der Waals surface area (Å²) >= 11 is 0. The van der Waals surface area contributed by atoms with Crippen LogP contribution in [0.25, 0.3) is 16.6 Å². The molecule has 26 heavy (non-hydrogen) atoms. The van der Waals surface area contributed by atoms with E-state index in [0.717, 1.165) is 49.5 Å². The van der Waals surface area contributed by atoms with E-state index in [1.807, 2.05) is 36.4 Å². The predicted molar refractivity (Wildman–Crippen MR) is 107 cm³/mol. The minimum atomic E-state index is 0.0131. The molecule has 1 saturated heterocycles. The molecule has 1 aliphatic heterocycles. The summed E-state index contributed by atoms with van der Waals surface area (Å²) < 4.78 is 1.80. The zero-order valence-corrected chi connectivity index (χ0v) is 15.3. The van der Waals surface area contributed by atoms with Crippen LogP contribution in [0, 0.1) is 0 Å². The third kappa shape index (κ3) is 3.12. The van der Waals surface area contributed by atoms with Crippen LogP contribution in [-0.2, 0) is 6.42 Å². The summed E-state index contributed by atoms with van der Waals surface area (Å²) in [6, 6.07) is 15.9. The molecular weight excluding hydrogens is 322 g/mol. The van der Waals surface area contributed by atoms with Gasteiger partial charge in [-0.3, -0.25) is 4.79 Å². The molecule has 0 saturated carbocycles. The lowest BCUT2D eigenvalue weighted by atomic mass is 10.1. The Morgan fingerprint density at radius 1 is 0.923 bits per heavy atom. The van der Waals surface area contributed by atoms with Gasteiger partial charge in [0.25, 0.3) is 5.56 Å². The Labute approximate surface area is 154 Å². The van der Waals surface area contributed by atoms with E-state index in [2.05, 4.69) is 24.0 Å². The maximum Gasteiger partial charge on any atom is 0.267 e. The summed E-state index contributed by atoms with van der Waals surface area (Å²) in [7, 11) is 0. The highest BCUT2D eigenvalue weighted by Gasteiger charge is 2.19. The van der Waals surface area contributed by atoms with Gasteiger partial charge in [0.1, 0.15) is 0 Å². The van der Waals surface area contributed by atoms with Crippen molar-refractivity contribution in [3.8, 4) is 5.69 Å². The zero-order valence-electron chi connectivity index (χ0n) is 15.3. The maximum absolute atomic E-state index is 13.3. The zero-order chi connectivity index (χ0) is 17.9. The van der Waals surface area contributed by atoms with Crippen molar-refractivity contribution in [2.45, 2.75) is 39.0 Å². The van der Waals surface area contributed by atoms with E-state index < -0.39 is 0 Å². The molecular formula is C22H25N3O. The Morgan fingerprint density at radius 2 is 1.62 bits per heavy atom. The van der Waals surface area contributed by atoms with Crippen molar-refractivity contribution in [2.24, 2.45) is 0 Å². The summed E-state index contributed by atoms with van der Waals surface area (Å²) in [6.07, 6.45) is 5.79. The Hall–Kier alpha value is -2.62. The van der Waals surface area contributed by atoms with Crippen LogP contribution in [-0.4, -0.2) is 22.6 Å². The molecule has 4 nitrogen and oxygen atoms in total. The Morgan fingerprint density at radius 3 is 2.31 bits per heavy atom. The molecule has 134 valence electrons. The van der Waals surface area contributed by atoms with Crippen LogP contribution in [0.2, 0.25) is 0 Å². The second kappa shape index (κ2) is 7.32. The topological polar surface area (TPSA) is 38.1 Å². The average Bonchev–Trinajstić information content (AvgIpc) is 2.97. The fourth-order valence-corrected chi connectivity index (χ4v) is 3.72.